The first kappa shape index (κ1) is 18.0. The summed E-state index contributed by atoms with van der Waals surface area (Å²) in [6, 6.07) is 18.2. The van der Waals surface area contributed by atoms with E-state index in [-0.39, 0.29) is 12.4 Å². The Morgan fingerprint density at radius 1 is 1.07 bits per heavy atom. The summed E-state index contributed by atoms with van der Waals surface area (Å²) in [6.45, 7) is 0. The normalized spacial score (nSPS) is 13.2. The number of ether oxygens (including phenoxy) is 2. The lowest BCUT2D eigenvalue weighted by molar-refractivity contribution is -0.139. The van der Waals surface area contributed by atoms with Crippen molar-refractivity contribution in [2.75, 3.05) is 7.11 Å². The maximum atomic E-state index is 12.8. The average molecular weight is 376 g/mol. The van der Waals surface area contributed by atoms with Gasteiger partial charge in [0.1, 0.15) is 5.75 Å². The molecule has 142 valence electrons. The van der Waals surface area contributed by atoms with E-state index in [4.69, 9.17) is 4.74 Å². The molecular formula is C22H20N2O4. The molecule has 2 aromatic carbocycles. The van der Waals surface area contributed by atoms with E-state index in [1.165, 1.54) is 7.11 Å². The lowest BCUT2D eigenvalue weighted by atomic mass is 10.1. The van der Waals surface area contributed by atoms with Crippen molar-refractivity contribution in [1.82, 2.24) is 9.78 Å². The van der Waals surface area contributed by atoms with Gasteiger partial charge in [-0.15, -0.1) is 0 Å². The van der Waals surface area contributed by atoms with Gasteiger partial charge in [-0.1, -0.05) is 30.3 Å². The van der Waals surface area contributed by atoms with Crippen molar-refractivity contribution in [1.29, 1.82) is 0 Å². The van der Waals surface area contributed by atoms with Gasteiger partial charge in [0, 0.05) is 5.92 Å². The molecule has 1 saturated carbocycles. The molecule has 0 amide bonds. The summed E-state index contributed by atoms with van der Waals surface area (Å²) in [5.41, 5.74) is 2.92. The second-order valence-corrected chi connectivity index (χ2v) is 6.76. The molecule has 6 nitrogen and oxygen atoms in total. The first-order chi connectivity index (χ1) is 13.6. The molecule has 0 bridgehead atoms. The lowest BCUT2D eigenvalue weighted by Gasteiger charge is -2.08. The molecule has 1 aliphatic rings. The smallest absolute Gasteiger partial charge is 0.362 e. The molecule has 0 radical (unpaired) electrons. The maximum Gasteiger partial charge on any atom is 0.362 e. The molecule has 0 unspecified atom stereocenters. The van der Waals surface area contributed by atoms with Crippen molar-refractivity contribution in [3.05, 3.63) is 77.6 Å². The highest BCUT2D eigenvalue weighted by Crippen LogP contribution is 2.39. The Morgan fingerprint density at radius 2 is 1.79 bits per heavy atom. The Morgan fingerprint density at radius 3 is 2.43 bits per heavy atom. The molecule has 0 atom stereocenters. The molecular weight excluding hydrogens is 356 g/mol. The van der Waals surface area contributed by atoms with Gasteiger partial charge in [0.05, 0.1) is 24.9 Å². The minimum Gasteiger partial charge on any atom is -0.469 e. The fourth-order valence-corrected chi connectivity index (χ4v) is 2.96. The zero-order valence-corrected chi connectivity index (χ0v) is 15.5. The van der Waals surface area contributed by atoms with E-state index in [1.54, 1.807) is 28.9 Å². The standard InChI is InChI=1S/C22H20N2O4/c1-27-21(25)13-15-7-11-18(12-8-15)28-22(26)20-14-19(16-9-10-16)23-24(20)17-5-3-2-4-6-17/h2-8,11-12,14,16H,9-10,13H2,1H3. The van der Waals surface area contributed by atoms with E-state index in [9.17, 15) is 9.59 Å². The molecule has 28 heavy (non-hydrogen) atoms. The number of rotatable bonds is 6. The van der Waals surface area contributed by atoms with E-state index < -0.39 is 5.97 Å². The van der Waals surface area contributed by atoms with Gasteiger partial charge in [0.25, 0.3) is 0 Å². The zero-order chi connectivity index (χ0) is 19.5. The second kappa shape index (κ2) is 7.68. The molecule has 0 saturated heterocycles. The van der Waals surface area contributed by atoms with E-state index in [1.807, 2.05) is 36.4 Å². The molecule has 1 fully saturated rings. The van der Waals surface area contributed by atoms with E-state index >= 15 is 0 Å². The quantitative estimate of drug-likeness (QED) is 0.485. The Bertz CT molecular complexity index is 989. The summed E-state index contributed by atoms with van der Waals surface area (Å²) < 4.78 is 11.8. The van der Waals surface area contributed by atoms with Crippen LogP contribution in [0.5, 0.6) is 5.75 Å². The summed E-state index contributed by atoms with van der Waals surface area (Å²) in [7, 11) is 1.35. The summed E-state index contributed by atoms with van der Waals surface area (Å²) in [4.78, 5) is 24.2. The molecule has 6 heteroatoms. The Hall–Kier alpha value is -3.41. The first-order valence-electron chi connectivity index (χ1n) is 9.17. The third-order valence-electron chi connectivity index (χ3n) is 4.64. The topological polar surface area (TPSA) is 70.4 Å². The van der Waals surface area contributed by atoms with Gasteiger partial charge in [0.2, 0.25) is 0 Å². The van der Waals surface area contributed by atoms with Crippen LogP contribution in [0.15, 0.2) is 60.7 Å². The molecule has 1 aromatic heterocycles. The molecule has 0 N–H and O–H groups in total. The van der Waals surface area contributed by atoms with Gasteiger partial charge in [-0.25, -0.2) is 9.48 Å². The van der Waals surface area contributed by atoms with Crippen LogP contribution >= 0.6 is 0 Å². The van der Waals surface area contributed by atoms with Crippen molar-refractivity contribution >= 4 is 11.9 Å². The highest BCUT2D eigenvalue weighted by Gasteiger charge is 2.29. The van der Waals surface area contributed by atoms with E-state index in [0.717, 1.165) is 29.8 Å². The molecule has 1 heterocycles. The lowest BCUT2D eigenvalue weighted by Crippen LogP contribution is -2.14. The number of carbonyl (C=O) groups is 2. The Kier molecular flexibility index (Phi) is 4.93. The molecule has 0 spiro atoms. The number of aromatic nitrogens is 2. The largest absolute Gasteiger partial charge is 0.469 e. The van der Waals surface area contributed by atoms with Crippen LogP contribution in [0.1, 0.15) is 40.5 Å². The molecule has 3 aromatic rings. The van der Waals surface area contributed by atoms with Crippen LogP contribution in [-0.2, 0) is 16.0 Å². The summed E-state index contributed by atoms with van der Waals surface area (Å²) in [5.74, 6) is 0.0506. The monoisotopic (exact) mass is 376 g/mol. The number of benzene rings is 2. The van der Waals surface area contributed by atoms with Crippen molar-refractivity contribution in [2.45, 2.75) is 25.2 Å². The highest BCUT2D eigenvalue weighted by molar-refractivity contribution is 5.90. The van der Waals surface area contributed by atoms with Crippen molar-refractivity contribution < 1.29 is 19.1 Å². The van der Waals surface area contributed by atoms with E-state index in [2.05, 4.69) is 9.84 Å². The first-order valence-corrected chi connectivity index (χ1v) is 9.17. The van der Waals surface area contributed by atoms with Gasteiger partial charge in [0.15, 0.2) is 5.69 Å². The van der Waals surface area contributed by atoms with Gasteiger partial charge >= 0.3 is 11.9 Å². The molecule has 4 rings (SSSR count). The zero-order valence-electron chi connectivity index (χ0n) is 15.5. The maximum absolute atomic E-state index is 12.8. The predicted molar refractivity (Wildman–Crippen MR) is 103 cm³/mol. The highest BCUT2D eigenvalue weighted by atomic mass is 16.5. The number of esters is 2. The third-order valence-corrected chi connectivity index (χ3v) is 4.64. The van der Waals surface area contributed by atoms with Gasteiger partial charge in [-0.05, 0) is 48.7 Å². The van der Waals surface area contributed by atoms with Crippen molar-refractivity contribution in [3.63, 3.8) is 0 Å². The van der Waals surface area contributed by atoms with Gasteiger partial charge < -0.3 is 9.47 Å². The third kappa shape index (κ3) is 3.96. The number of methoxy groups -OCH3 is 1. The number of nitrogens with zero attached hydrogens (tertiary/aromatic N) is 2. The van der Waals surface area contributed by atoms with E-state index in [0.29, 0.717) is 17.4 Å². The summed E-state index contributed by atoms with van der Waals surface area (Å²) >= 11 is 0. The van der Waals surface area contributed by atoms with Crippen LogP contribution in [0.3, 0.4) is 0 Å². The second-order valence-electron chi connectivity index (χ2n) is 6.76. The minimum atomic E-state index is -0.469. The summed E-state index contributed by atoms with van der Waals surface area (Å²) in [5, 5.41) is 4.63. The van der Waals surface area contributed by atoms with Gasteiger partial charge in [-0.3, -0.25) is 4.79 Å². The fourth-order valence-electron chi connectivity index (χ4n) is 2.96. The van der Waals surface area contributed by atoms with Crippen LogP contribution < -0.4 is 4.74 Å². The SMILES string of the molecule is COC(=O)Cc1ccc(OC(=O)c2cc(C3CC3)nn2-c2ccccc2)cc1. The van der Waals surface area contributed by atoms with Crippen molar-refractivity contribution in [3.8, 4) is 11.4 Å². The van der Waals surface area contributed by atoms with Crippen LogP contribution in [0.2, 0.25) is 0 Å². The van der Waals surface area contributed by atoms with Crippen LogP contribution in [-0.4, -0.2) is 28.8 Å². The molecule has 0 aliphatic heterocycles. The number of hydrogen-bond donors (Lipinski definition) is 0. The number of hydrogen-bond acceptors (Lipinski definition) is 5. The minimum absolute atomic E-state index is 0.177. The number of carbonyl (C=O) groups excluding carboxylic acids is 2. The molecule has 1 aliphatic carbocycles. The van der Waals surface area contributed by atoms with Crippen LogP contribution in [0.25, 0.3) is 5.69 Å². The van der Waals surface area contributed by atoms with Crippen LogP contribution in [0.4, 0.5) is 0 Å². The Balaban J connectivity index is 1.55. The van der Waals surface area contributed by atoms with Crippen molar-refractivity contribution in [2.24, 2.45) is 0 Å². The predicted octanol–water partition coefficient (Wildman–Crippen LogP) is 3.68. The number of para-hydroxylation sites is 1. The Labute approximate surface area is 162 Å². The van der Waals surface area contributed by atoms with Gasteiger partial charge in [-0.2, -0.15) is 5.10 Å². The van der Waals surface area contributed by atoms with Crippen LogP contribution in [0, 0.1) is 0 Å². The average Bonchev–Trinajstić information content (AvgIpc) is 3.48. The fraction of sp³-hybridized carbons (Fsp3) is 0.227. The summed E-state index contributed by atoms with van der Waals surface area (Å²) in [6.07, 6.45) is 2.38.